The summed E-state index contributed by atoms with van der Waals surface area (Å²) in [4.78, 5) is 0.764. The molecule has 0 radical (unpaired) electrons. The number of hydrogen-bond donors (Lipinski definition) is 0. The maximum atomic E-state index is 13.9. The van der Waals surface area contributed by atoms with Gasteiger partial charge in [0.1, 0.15) is 17.0 Å². The van der Waals surface area contributed by atoms with Crippen LogP contribution >= 0.6 is 0 Å². The van der Waals surface area contributed by atoms with Crippen LogP contribution < -0.4 is 4.90 Å². The quantitative estimate of drug-likeness (QED) is 0.731. The first kappa shape index (κ1) is 19.7. The number of anilines is 1. The minimum Gasteiger partial charge on any atom is -0.367 e. The monoisotopic (exact) mass is 406 g/mol. The molecule has 0 amide bonds. The average Bonchev–Trinajstić information content (AvgIpc) is 2.71. The molecule has 144 valence electrons. The van der Waals surface area contributed by atoms with Gasteiger partial charge in [0.25, 0.3) is 0 Å². The number of nitrogens with zero attached hydrogens (tertiary/aromatic N) is 4. The van der Waals surface area contributed by atoms with Crippen molar-refractivity contribution in [2.75, 3.05) is 31.1 Å². The van der Waals surface area contributed by atoms with E-state index in [-0.39, 0.29) is 37.3 Å². The Morgan fingerprint density at radius 2 is 1.43 bits per heavy atom. The van der Waals surface area contributed by atoms with E-state index >= 15 is 0 Å². The average molecular weight is 406 g/mol. The molecule has 0 bridgehead atoms. The standard InChI is InChI=1S/C18H13F3N4O2S/c19-14-4-5-15(17(21)16(14)20)28(26,27)25-8-6-24(7-9-25)18-12(10-22)2-1-3-13(18)11-23/h1-5H,6-9H2. The predicted molar refractivity (Wildman–Crippen MR) is 93.2 cm³/mol. The Balaban J connectivity index is 1.87. The molecule has 1 saturated heterocycles. The molecule has 3 rings (SSSR count). The molecule has 0 saturated carbocycles. The molecule has 28 heavy (non-hydrogen) atoms. The number of halogens is 3. The molecule has 1 aliphatic rings. The van der Waals surface area contributed by atoms with Crippen LogP contribution in [0, 0.1) is 40.1 Å². The second kappa shape index (κ2) is 7.50. The normalized spacial score (nSPS) is 15.1. The molecule has 6 nitrogen and oxygen atoms in total. The van der Waals surface area contributed by atoms with Crippen molar-refractivity contribution in [3.63, 3.8) is 0 Å². The van der Waals surface area contributed by atoms with Crippen LogP contribution in [0.1, 0.15) is 11.1 Å². The minimum absolute atomic E-state index is 0.0780. The summed E-state index contributed by atoms with van der Waals surface area (Å²) in [5.74, 6) is -5.08. The maximum Gasteiger partial charge on any atom is 0.246 e. The zero-order valence-electron chi connectivity index (χ0n) is 14.4. The van der Waals surface area contributed by atoms with Crippen LogP contribution in [0.4, 0.5) is 18.9 Å². The Bertz CT molecular complexity index is 1080. The lowest BCUT2D eigenvalue weighted by Gasteiger charge is -2.36. The van der Waals surface area contributed by atoms with E-state index < -0.39 is 32.4 Å². The van der Waals surface area contributed by atoms with E-state index in [1.807, 2.05) is 12.1 Å². The van der Waals surface area contributed by atoms with E-state index in [0.29, 0.717) is 17.8 Å². The Labute approximate surface area is 159 Å². The topological polar surface area (TPSA) is 88.2 Å². The Hall–Kier alpha value is -3.08. The molecule has 0 spiro atoms. The number of rotatable bonds is 3. The Kier molecular flexibility index (Phi) is 5.27. The summed E-state index contributed by atoms with van der Waals surface area (Å²) in [5, 5.41) is 18.6. The Morgan fingerprint density at radius 1 is 0.857 bits per heavy atom. The van der Waals surface area contributed by atoms with Crippen molar-refractivity contribution < 1.29 is 21.6 Å². The van der Waals surface area contributed by atoms with Crippen molar-refractivity contribution in [3.8, 4) is 12.1 Å². The first-order chi connectivity index (χ1) is 13.3. The van der Waals surface area contributed by atoms with Gasteiger partial charge in [0.2, 0.25) is 10.0 Å². The number of benzene rings is 2. The molecule has 1 aliphatic heterocycles. The van der Waals surface area contributed by atoms with Gasteiger partial charge in [-0.25, -0.2) is 21.6 Å². The Morgan fingerprint density at radius 3 is 1.96 bits per heavy atom. The lowest BCUT2D eigenvalue weighted by Crippen LogP contribution is -2.49. The van der Waals surface area contributed by atoms with Crippen molar-refractivity contribution in [1.82, 2.24) is 4.31 Å². The highest BCUT2D eigenvalue weighted by Crippen LogP contribution is 2.28. The summed E-state index contributed by atoms with van der Waals surface area (Å²) < 4.78 is 66.7. The summed E-state index contributed by atoms with van der Waals surface area (Å²) in [5.41, 5.74) is 0.965. The molecule has 1 heterocycles. The smallest absolute Gasteiger partial charge is 0.246 e. The van der Waals surface area contributed by atoms with E-state index in [1.165, 1.54) is 0 Å². The first-order valence-corrected chi connectivity index (χ1v) is 9.57. The van der Waals surface area contributed by atoms with Crippen molar-refractivity contribution in [1.29, 1.82) is 10.5 Å². The van der Waals surface area contributed by atoms with Crippen LogP contribution in [0.5, 0.6) is 0 Å². The van der Waals surface area contributed by atoms with Gasteiger partial charge < -0.3 is 4.90 Å². The van der Waals surface area contributed by atoms with Gasteiger partial charge in [-0.1, -0.05) is 6.07 Å². The molecule has 0 atom stereocenters. The number of para-hydroxylation sites is 1. The second-order valence-corrected chi connectivity index (χ2v) is 7.90. The predicted octanol–water partition coefficient (Wildman–Crippen LogP) is 2.36. The fraction of sp³-hybridized carbons (Fsp3) is 0.222. The van der Waals surface area contributed by atoms with Crippen molar-refractivity contribution in [2.24, 2.45) is 0 Å². The zero-order valence-corrected chi connectivity index (χ0v) is 15.2. The molecule has 2 aromatic rings. The van der Waals surface area contributed by atoms with Gasteiger partial charge in [0, 0.05) is 26.2 Å². The van der Waals surface area contributed by atoms with E-state index in [9.17, 15) is 32.1 Å². The first-order valence-electron chi connectivity index (χ1n) is 8.13. The van der Waals surface area contributed by atoms with Crippen molar-refractivity contribution >= 4 is 15.7 Å². The summed E-state index contributed by atoms with van der Waals surface area (Å²) in [6.07, 6.45) is 0. The lowest BCUT2D eigenvalue weighted by atomic mass is 10.1. The molecular weight excluding hydrogens is 393 g/mol. The van der Waals surface area contributed by atoms with Gasteiger partial charge >= 0.3 is 0 Å². The third kappa shape index (κ3) is 3.28. The van der Waals surface area contributed by atoms with Crippen LogP contribution in [0.2, 0.25) is 0 Å². The highest BCUT2D eigenvalue weighted by atomic mass is 32.2. The molecular formula is C18H13F3N4O2S. The summed E-state index contributed by atoms with van der Waals surface area (Å²) in [6, 6.07) is 9.93. The van der Waals surface area contributed by atoms with Crippen LogP contribution in [0.25, 0.3) is 0 Å². The van der Waals surface area contributed by atoms with Gasteiger partial charge in [0.05, 0.1) is 16.8 Å². The van der Waals surface area contributed by atoms with Crippen LogP contribution in [0.3, 0.4) is 0 Å². The largest absolute Gasteiger partial charge is 0.367 e. The second-order valence-electron chi connectivity index (χ2n) is 5.99. The highest BCUT2D eigenvalue weighted by molar-refractivity contribution is 7.89. The van der Waals surface area contributed by atoms with Gasteiger partial charge in [-0.2, -0.15) is 14.8 Å². The van der Waals surface area contributed by atoms with Gasteiger partial charge in [-0.05, 0) is 24.3 Å². The number of hydrogen-bond acceptors (Lipinski definition) is 5. The number of sulfonamides is 1. The maximum absolute atomic E-state index is 13.9. The molecule has 10 heteroatoms. The molecule has 0 aliphatic carbocycles. The third-order valence-electron chi connectivity index (χ3n) is 4.45. The molecule has 0 unspecified atom stereocenters. The molecule has 0 N–H and O–H groups in total. The van der Waals surface area contributed by atoms with Crippen LogP contribution in [-0.2, 0) is 10.0 Å². The van der Waals surface area contributed by atoms with Crippen molar-refractivity contribution in [3.05, 3.63) is 58.9 Å². The van der Waals surface area contributed by atoms with E-state index in [4.69, 9.17) is 0 Å². The zero-order chi connectivity index (χ0) is 20.5. The third-order valence-corrected chi connectivity index (χ3v) is 6.37. The van der Waals surface area contributed by atoms with Gasteiger partial charge in [-0.3, -0.25) is 0 Å². The van der Waals surface area contributed by atoms with E-state index in [0.717, 1.165) is 4.31 Å². The highest BCUT2D eigenvalue weighted by Gasteiger charge is 2.33. The van der Waals surface area contributed by atoms with Gasteiger partial charge in [0.15, 0.2) is 17.5 Å². The fourth-order valence-electron chi connectivity index (χ4n) is 3.06. The van der Waals surface area contributed by atoms with E-state index in [1.54, 1.807) is 23.1 Å². The number of nitriles is 2. The van der Waals surface area contributed by atoms with Crippen molar-refractivity contribution in [2.45, 2.75) is 4.90 Å². The minimum atomic E-state index is -4.37. The SMILES string of the molecule is N#Cc1cccc(C#N)c1N1CCN(S(=O)(=O)c2ccc(F)c(F)c2F)CC1. The number of piperazine rings is 1. The molecule has 1 fully saturated rings. The summed E-state index contributed by atoms with van der Waals surface area (Å²) in [6.45, 7) is 0.118. The lowest BCUT2D eigenvalue weighted by molar-refractivity contribution is 0.377. The molecule has 0 aromatic heterocycles. The molecule has 2 aromatic carbocycles. The summed E-state index contributed by atoms with van der Waals surface area (Å²) in [7, 11) is -4.37. The van der Waals surface area contributed by atoms with E-state index in [2.05, 4.69) is 0 Å². The van der Waals surface area contributed by atoms with Gasteiger partial charge in [-0.15, -0.1) is 0 Å². The summed E-state index contributed by atoms with van der Waals surface area (Å²) >= 11 is 0. The van der Waals surface area contributed by atoms with Crippen LogP contribution in [-0.4, -0.2) is 38.9 Å². The fourth-order valence-corrected chi connectivity index (χ4v) is 4.54. The van der Waals surface area contributed by atoms with Crippen LogP contribution in [0.15, 0.2) is 35.2 Å².